The van der Waals surface area contributed by atoms with Gasteiger partial charge in [0, 0.05) is 10.9 Å². The Labute approximate surface area is 98.7 Å². The summed E-state index contributed by atoms with van der Waals surface area (Å²) in [6.45, 7) is 1.68. The first-order chi connectivity index (χ1) is 6.58. The van der Waals surface area contributed by atoms with Crippen molar-refractivity contribution in [1.29, 1.82) is 0 Å². The number of rotatable bonds is 1. The Bertz CT molecular complexity index is 483. The van der Waals surface area contributed by atoms with Gasteiger partial charge in [-0.2, -0.15) is 0 Å². The third-order valence-electron chi connectivity index (χ3n) is 1.91. The summed E-state index contributed by atoms with van der Waals surface area (Å²) in [5, 5.41) is 10.8. The minimum atomic E-state index is -0.585. The Morgan fingerprint density at radius 1 is 1.57 bits per heavy atom. The summed E-state index contributed by atoms with van der Waals surface area (Å²) in [5.41, 5.74) is 0.671. The van der Waals surface area contributed by atoms with Crippen LogP contribution in [0.3, 0.4) is 0 Å². The van der Waals surface area contributed by atoms with Gasteiger partial charge in [0.15, 0.2) is 0 Å². The van der Waals surface area contributed by atoms with Gasteiger partial charge in [-0.05, 0) is 35.0 Å². The summed E-state index contributed by atoms with van der Waals surface area (Å²) < 4.78 is 1.01. The van der Waals surface area contributed by atoms with Gasteiger partial charge in [-0.1, -0.05) is 11.6 Å². The molecule has 0 bridgehead atoms. The normalized spacial score (nSPS) is 13.4. The molecule has 2 nitrogen and oxygen atoms in total. The number of aromatic nitrogens is 1. The molecule has 0 fully saturated rings. The van der Waals surface area contributed by atoms with Crippen LogP contribution in [0.15, 0.2) is 15.9 Å². The molecule has 0 amide bonds. The zero-order valence-electron chi connectivity index (χ0n) is 7.29. The molecule has 5 heteroatoms. The highest BCUT2D eigenvalue weighted by atomic mass is 79.9. The van der Waals surface area contributed by atoms with E-state index in [1.165, 1.54) is 11.3 Å². The standard InChI is InChI=1S/C9H7BrClNOS/c1-4(13)6-2-5-3-7(10)14-9(5)12-8(6)11/h2-4,13H,1H3/t4-/m1/s1. The number of aliphatic hydroxyl groups is 1. The van der Waals surface area contributed by atoms with Crippen molar-refractivity contribution in [1.82, 2.24) is 4.98 Å². The summed E-state index contributed by atoms with van der Waals surface area (Å²) >= 11 is 10.8. The van der Waals surface area contributed by atoms with Crippen LogP contribution < -0.4 is 0 Å². The van der Waals surface area contributed by atoms with Gasteiger partial charge < -0.3 is 5.11 Å². The second-order valence-electron chi connectivity index (χ2n) is 2.99. The molecule has 2 aromatic heterocycles. The molecule has 1 atom stereocenters. The molecular weight excluding hydrogens is 286 g/mol. The highest BCUT2D eigenvalue weighted by Crippen LogP contribution is 2.32. The van der Waals surface area contributed by atoms with Gasteiger partial charge in [0.1, 0.15) is 9.98 Å². The number of halogens is 2. The molecule has 0 radical (unpaired) electrons. The molecule has 74 valence electrons. The van der Waals surface area contributed by atoms with Gasteiger partial charge in [0.25, 0.3) is 0 Å². The zero-order valence-corrected chi connectivity index (χ0v) is 10.4. The first-order valence-corrected chi connectivity index (χ1v) is 6.00. The lowest BCUT2D eigenvalue weighted by Crippen LogP contribution is -1.93. The predicted octanol–water partition coefficient (Wildman–Crippen LogP) is 3.77. The van der Waals surface area contributed by atoms with Crippen molar-refractivity contribution < 1.29 is 5.11 Å². The van der Waals surface area contributed by atoms with E-state index in [4.69, 9.17) is 11.6 Å². The van der Waals surface area contributed by atoms with E-state index in [9.17, 15) is 5.11 Å². The number of aliphatic hydroxyl groups excluding tert-OH is 1. The highest BCUT2D eigenvalue weighted by molar-refractivity contribution is 9.11. The highest BCUT2D eigenvalue weighted by Gasteiger charge is 2.11. The molecule has 0 aliphatic heterocycles. The Kier molecular flexibility index (Phi) is 2.79. The molecule has 1 N–H and O–H groups in total. The van der Waals surface area contributed by atoms with Crippen LogP contribution in [0.5, 0.6) is 0 Å². The second kappa shape index (κ2) is 3.77. The maximum atomic E-state index is 9.44. The summed E-state index contributed by atoms with van der Waals surface area (Å²) in [4.78, 5) is 5.09. The SMILES string of the molecule is C[C@@H](O)c1cc2cc(Br)sc2nc1Cl. The molecule has 0 aliphatic carbocycles. The van der Waals surface area contributed by atoms with Crippen LogP contribution in [0, 0.1) is 0 Å². The number of fused-ring (bicyclic) bond motifs is 1. The average molecular weight is 293 g/mol. The average Bonchev–Trinajstić information content (AvgIpc) is 2.42. The van der Waals surface area contributed by atoms with Gasteiger partial charge in [0.2, 0.25) is 0 Å². The summed E-state index contributed by atoms with van der Waals surface area (Å²) in [6, 6.07) is 3.84. The molecule has 0 spiro atoms. The number of nitrogens with zero attached hydrogens (tertiary/aromatic N) is 1. The summed E-state index contributed by atoms with van der Waals surface area (Å²) in [6.07, 6.45) is -0.585. The maximum Gasteiger partial charge on any atom is 0.136 e. The molecular formula is C9H7BrClNOS. The smallest absolute Gasteiger partial charge is 0.136 e. The van der Waals surface area contributed by atoms with Crippen LogP contribution in [-0.2, 0) is 0 Å². The lowest BCUT2D eigenvalue weighted by atomic mass is 10.1. The topological polar surface area (TPSA) is 33.1 Å². The van der Waals surface area contributed by atoms with E-state index in [-0.39, 0.29) is 0 Å². The van der Waals surface area contributed by atoms with Crippen molar-refractivity contribution in [3.8, 4) is 0 Å². The lowest BCUT2D eigenvalue weighted by molar-refractivity contribution is 0.199. The number of hydrogen-bond acceptors (Lipinski definition) is 3. The van der Waals surface area contributed by atoms with Gasteiger partial charge in [-0.25, -0.2) is 4.98 Å². The molecule has 0 unspecified atom stereocenters. The fourth-order valence-electron chi connectivity index (χ4n) is 1.23. The van der Waals surface area contributed by atoms with E-state index in [0.717, 1.165) is 14.0 Å². The van der Waals surface area contributed by atoms with Crippen LogP contribution in [-0.4, -0.2) is 10.1 Å². The molecule has 2 heterocycles. The first kappa shape index (κ1) is 10.4. The van der Waals surface area contributed by atoms with Crippen molar-refractivity contribution >= 4 is 49.1 Å². The molecule has 0 aromatic carbocycles. The number of thiophene rings is 1. The molecule has 0 saturated carbocycles. The van der Waals surface area contributed by atoms with E-state index in [1.807, 2.05) is 12.1 Å². The minimum absolute atomic E-state index is 0.377. The fraction of sp³-hybridized carbons (Fsp3) is 0.222. The van der Waals surface area contributed by atoms with E-state index in [0.29, 0.717) is 10.7 Å². The fourth-order valence-corrected chi connectivity index (χ4v) is 3.03. The zero-order chi connectivity index (χ0) is 10.3. The van der Waals surface area contributed by atoms with Crippen LogP contribution in [0.1, 0.15) is 18.6 Å². The number of hydrogen-bond donors (Lipinski definition) is 1. The monoisotopic (exact) mass is 291 g/mol. The number of pyridine rings is 1. The molecule has 2 rings (SSSR count). The Morgan fingerprint density at radius 3 is 2.93 bits per heavy atom. The Morgan fingerprint density at radius 2 is 2.29 bits per heavy atom. The molecule has 0 saturated heterocycles. The van der Waals surface area contributed by atoms with Crippen molar-refractivity contribution in [3.05, 3.63) is 26.6 Å². The second-order valence-corrected chi connectivity index (χ2v) is 5.76. The Balaban J connectivity index is 2.70. The van der Waals surface area contributed by atoms with Gasteiger partial charge >= 0.3 is 0 Å². The van der Waals surface area contributed by atoms with Crippen LogP contribution in [0.25, 0.3) is 10.2 Å². The van der Waals surface area contributed by atoms with Crippen LogP contribution in [0.4, 0.5) is 0 Å². The van der Waals surface area contributed by atoms with Crippen molar-refractivity contribution in [2.45, 2.75) is 13.0 Å². The van der Waals surface area contributed by atoms with Crippen LogP contribution >= 0.6 is 38.9 Å². The van der Waals surface area contributed by atoms with Crippen molar-refractivity contribution in [2.75, 3.05) is 0 Å². The van der Waals surface area contributed by atoms with Gasteiger partial charge in [-0.3, -0.25) is 0 Å². The van der Waals surface area contributed by atoms with E-state index >= 15 is 0 Å². The summed E-state index contributed by atoms with van der Waals surface area (Å²) in [5.74, 6) is 0. The Hall–Kier alpha value is -0.160. The maximum absolute atomic E-state index is 9.44. The van der Waals surface area contributed by atoms with E-state index in [1.54, 1.807) is 6.92 Å². The van der Waals surface area contributed by atoms with Gasteiger partial charge in [-0.15, -0.1) is 11.3 Å². The largest absolute Gasteiger partial charge is 0.389 e. The van der Waals surface area contributed by atoms with E-state index in [2.05, 4.69) is 20.9 Å². The molecule has 2 aromatic rings. The molecule has 0 aliphatic rings. The van der Waals surface area contributed by atoms with Crippen molar-refractivity contribution in [2.24, 2.45) is 0 Å². The quantitative estimate of drug-likeness (QED) is 0.812. The summed E-state index contributed by atoms with van der Waals surface area (Å²) in [7, 11) is 0. The third-order valence-corrected chi connectivity index (χ3v) is 3.76. The minimum Gasteiger partial charge on any atom is -0.389 e. The molecule has 14 heavy (non-hydrogen) atoms. The van der Waals surface area contributed by atoms with Crippen molar-refractivity contribution in [3.63, 3.8) is 0 Å². The van der Waals surface area contributed by atoms with E-state index < -0.39 is 6.10 Å². The lowest BCUT2D eigenvalue weighted by Gasteiger charge is -2.05. The predicted molar refractivity (Wildman–Crippen MR) is 63.0 cm³/mol. The van der Waals surface area contributed by atoms with Crippen LogP contribution in [0.2, 0.25) is 5.15 Å². The van der Waals surface area contributed by atoms with Gasteiger partial charge in [0.05, 0.1) is 9.89 Å². The third kappa shape index (κ3) is 1.80. The first-order valence-electron chi connectivity index (χ1n) is 4.01.